The van der Waals surface area contributed by atoms with E-state index in [1.165, 1.54) is 0 Å². The first-order valence-corrected chi connectivity index (χ1v) is 5.89. The number of fused-ring (bicyclic) bond motifs is 1. The Labute approximate surface area is 82.8 Å². The highest BCUT2D eigenvalue weighted by molar-refractivity contribution is 7.82. The summed E-state index contributed by atoms with van der Waals surface area (Å²) in [5, 5.41) is 0. The van der Waals surface area contributed by atoms with Crippen molar-refractivity contribution >= 4 is 16.4 Å². The molecule has 0 fully saturated rings. The van der Waals surface area contributed by atoms with E-state index in [1.807, 2.05) is 0 Å². The summed E-state index contributed by atoms with van der Waals surface area (Å²) in [6.07, 6.45) is 1.41. The largest absolute Gasteiger partial charge is 0.453 e. The maximum absolute atomic E-state index is 11.0. The summed E-state index contributed by atoms with van der Waals surface area (Å²) in [5.41, 5.74) is 0. The molecule has 14 heavy (non-hydrogen) atoms. The van der Waals surface area contributed by atoms with Crippen LogP contribution in [0.5, 0.6) is 0 Å². The van der Waals surface area contributed by atoms with Crippen LogP contribution in [0.4, 0.5) is 0 Å². The van der Waals surface area contributed by atoms with Crippen LogP contribution in [0, 0.1) is 0 Å². The van der Waals surface area contributed by atoms with Gasteiger partial charge in [0.2, 0.25) is 0 Å². The lowest BCUT2D eigenvalue weighted by Gasteiger charge is -2.15. The number of aliphatic imine (C=N–C) groups is 1. The van der Waals surface area contributed by atoms with Crippen LogP contribution in [0.15, 0.2) is 4.99 Å². The van der Waals surface area contributed by atoms with Gasteiger partial charge in [0.1, 0.15) is 0 Å². The molecule has 0 aromatic carbocycles. The van der Waals surface area contributed by atoms with Crippen LogP contribution < -0.4 is 0 Å². The number of amidine groups is 1. The van der Waals surface area contributed by atoms with Crippen LogP contribution in [0.25, 0.3) is 0 Å². The first kappa shape index (κ1) is 9.72. The molecule has 7 heteroatoms. The Morgan fingerprint density at radius 1 is 1.64 bits per heavy atom. The molecule has 2 aliphatic rings. The van der Waals surface area contributed by atoms with Gasteiger partial charge in [0.05, 0.1) is 6.54 Å². The van der Waals surface area contributed by atoms with Crippen LogP contribution in [0.2, 0.25) is 0 Å². The van der Waals surface area contributed by atoms with Gasteiger partial charge in [-0.25, -0.2) is 4.18 Å². The molecule has 0 aromatic rings. The third-order valence-electron chi connectivity index (χ3n) is 2.09. The van der Waals surface area contributed by atoms with Gasteiger partial charge >= 0.3 is 16.4 Å². The van der Waals surface area contributed by atoms with Gasteiger partial charge in [0, 0.05) is 6.54 Å². The van der Waals surface area contributed by atoms with E-state index < -0.39 is 16.6 Å². The topological polar surface area (TPSA) is 68.2 Å². The molecule has 1 unspecified atom stereocenters. The van der Waals surface area contributed by atoms with Gasteiger partial charge in [-0.15, -0.1) is 0 Å². The highest BCUT2D eigenvalue weighted by Gasteiger charge is 2.39. The molecule has 0 radical (unpaired) electrons. The minimum Gasteiger partial charge on any atom is -0.325 e. The summed E-state index contributed by atoms with van der Waals surface area (Å²) >= 11 is 0. The predicted molar refractivity (Wildman–Crippen MR) is 48.8 cm³/mol. The zero-order valence-electron chi connectivity index (χ0n) is 7.84. The van der Waals surface area contributed by atoms with Crippen molar-refractivity contribution < 1.29 is 16.8 Å². The van der Waals surface area contributed by atoms with E-state index in [9.17, 15) is 8.42 Å². The Kier molecular flexibility index (Phi) is 2.36. The zero-order chi connectivity index (χ0) is 10.2. The van der Waals surface area contributed by atoms with Crippen molar-refractivity contribution in [3.63, 3.8) is 0 Å². The normalized spacial score (nSPS) is 28.5. The fourth-order valence-corrected chi connectivity index (χ4v) is 2.17. The Balaban J connectivity index is 2.05. The first-order valence-electron chi connectivity index (χ1n) is 4.56. The second-order valence-electron chi connectivity index (χ2n) is 3.25. The van der Waals surface area contributed by atoms with E-state index in [0.717, 1.165) is 19.4 Å². The number of hydrogen-bond acceptors (Lipinski definition) is 6. The lowest BCUT2D eigenvalue weighted by molar-refractivity contribution is 0.188. The standard InChI is InChI=1S/C7H12N2O4S/c1-2-3-4-9-5-6-8-7(9)13-14(10,11)12-6/h6H,2-5H2,1H3. The molecule has 0 saturated heterocycles. The lowest BCUT2D eigenvalue weighted by atomic mass is 10.3. The fourth-order valence-electron chi connectivity index (χ4n) is 1.42. The van der Waals surface area contributed by atoms with E-state index in [2.05, 4.69) is 20.3 Å². The molecular weight excluding hydrogens is 208 g/mol. The number of unbranched alkanes of at least 4 members (excludes halogenated alkanes) is 1. The SMILES string of the molecule is CCCCN1CC2N=C1OS(=O)(=O)O2. The molecule has 2 heterocycles. The monoisotopic (exact) mass is 220 g/mol. The van der Waals surface area contributed by atoms with Gasteiger partial charge < -0.3 is 9.08 Å². The molecule has 0 N–H and O–H groups in total. The molecule has 2 rings (SSSR count). The molecule has 1 atom stereocenters. The van der Waals surface area contributed by atoms with E-state index in [1.54, 1.807) is 4.90 Å². The summed E-state index contributed by atoms with van der Waals surface area (Å²) in [6, 6.07) is 0.176. The summed E-state index contributed by atoms with van der Waals surface area (Å²) < 4.78 is 31.2. The minimum atomic E-state index is -3.85. The van der Waals surface area contributed by atoms with E-state index in [4.69, 9.17) is 0 Å². The number of rotatable bonds is 3. The van der Waals surface area contributed by atoms with Crippen molar-refractivity contribution in [1.82, 2.24) is 4.90 Å². The van der Waals surface area contributed by atoms with Gasteiger partial charge in [-0.2, -0.15) is 13.4 Å². The minimum absolute atomic E-state index is 0.176. The summed E-state index contributed by atoms with van der Waals surface area (Å²) in [4.78, 5) is 5.73. The highest BCUT2D eigenvalue weighted by atomic mass is 32.3. The van der Waals surface area contributed by atoms with Gasteiger partial charge in [-0.1, -0.05) is 13.3 Å². The van der Waals surface area contributed by atoms with Crippen LogP contribution in [0.3, 0.4) is 0 Å². The second-order valence-corrected chi connectivity index (χ2v) is 4.43. The number of hydrogen-bond donors (Lipinski definition) is 0. The summed E-state index contributed by atoms with van der Waals surface area (Å²) in [7, 11) is -3.85. The van der Waals surface area contributed by atoms with Crippen LogP contribution in [0.1, 0.15) is 19.8 Å². The van der Waals surface area contributed by atoms with Gasteiger partial charge in [0.25, 0.3) is 0 Å². The lowest BCUT2D eigenvalue weighted by Crippen LogP contribution is -2.30. The fraction of sp³-hybridized carbons (Fsp3) is 0.857. The first-order chi connectivity index (χ1) is 6.61. The molecular formula is C7H12N2O4S. The van der Waals surface area contributed by atoms with E-state index >= 15 is 0 Å². The molecule has 0 aromatic heterocycles. The smallest absolute Gasteiger partial charge is 0.325 e. The average Bonchev–Trinajstić information content (AvgIpc) is 2.36. The van der Waals surface area contributed by atoms with Crippen molar-refractivity contribution in [2.45, 2.75) is 26.0 Å². The number of nitrogens with zero attached hydrogens (tertiary/aromatic N) is 2. The van der Waals surface area contributed by atoms with Crippen molar-refractivity contribution in [1.29, 1.82) is 0 Å². The van der Waals surface area contributed by atoms with Crippen molar-refractivity contribution in [2.24, 2.45) is 4.99 Å². The molecule has 0 aliphatic carbocycles. The molecule has 80 valence electrons. The zero-order valence-corrected chi connectivity index (χ0v) is 8.66. The Morgan fingerprint density at radius 3 is 3.14 bits per heavy atom. The second kappa shape index (κ2) is 3.39. The van der Waals surface area contributed by atoms with Crippen molar-refractivity contribution in [3.05, 3.63) is 0 Å². The van der Waals surface area contributed by atoms with Crippen LogP contribution in [-0.2, 0) is 18.8 Å². The quantitative estimate of drug-likeness (QED) is 0.673. The Bertz CT molecular complexity index is 351. The Hall–Kier alpha value is -0.820. The molecule has 0 spiro atoms. The molecule has 0 amide bonds. The van der Waals surface area contributed by atoms with Gasteiger partial charge in [-0.05, 0) is 6.42 Å². The van der Waals surface area contributed by atoms with E-state index in [0.29, 0.717) is 6.54 Å². The summed E-state index contributed by atoms with van der Waals surface area (Å²) in [5.74, 6) is 0. The van der Waals surface area contributed by atoms with Crippen LogP contribution in [-0.4, -0.2) is 38.7 Å². The Morgan fingerprint density at radius 2 is 2.43 bits per heavy atom. The van der Waals surface area contributed by atoms with Crippen molar-refractivity contribution in [3.8, 4) is 0 Å². The summed E-state index contributed by atoms with van der Waals surface area (Å²) in [6.45, 7) is 3.29. The third kappa shape index (κ3) is 1.83. The maximum atomic E-state index is 11.0. The van der Waals surface area contributed by atoms with Crippen LogP contribution >= 0.6 is 0 Å². The van der Waals surface area contributed by atoms with Gasteiger partial charge in [-0.3, -0.25) is 0 Å². The third-order valence-corrected chi connectivity index (χ3v) is 2.90. The molecule has 6 nitrogen and oxygen atoms in total. The highest BCUT2D eigenvalue weighted by Crippen LogP contribution is 2.21. The molecule has 2 bridgehead atoms. The molecule has 0 saturated carbocycles. The molecule has 2 aliphatic heterocycles. The van der Waals surface area contributed by atoms with Crippen molar-refractivity contribution in [2.75, 3.05) is 13.1 Å². The predicted octanol–water partition coefficient (Wildman–Crippen LogP) is 0.0758. The van der Waals surface area contributed by atoms with Gasteiger partial charge in [0.15, 0.2) is 6.23 Å². The van der Waals surface area contributed by atoms with E-state index in [-0.39, 0.29) is 6.02 Å². The maximum Gasteiger partial charge on any atom is 0.453 e. The average molecular weight is 220 g/mol.